The highest BCUT2D eigenvalue weighted by Crippen LogP contribution is 2.40. The summed E-state index contributed by atoms with van der Waals surface area (Å²) in [4.78, 5) is 20.1. The molecule has 2 atom stereocenters. The quantitative estimate of drug-likeness (QED) is 0.700. The summed E-state index contributed by atoms with van der Waals surface area (Å²) in [6.07, 6.45) is 2.43. The van der Waals surface area contributed by atoms with Crippen molar-refractivity contribution in [2.24, 2.45) is 5.41 Å². The molecule has 1 fully saturated rings. The van der Waals surface area contributed by atoms with Crippen molar-refractivity contribution in [2.45, 2.75) is 32.7 Å². The third kappa shape index (κ3) is 1.59. The summed E-state index contributed by atoms with van der Waals surface area (Å²) in [5, 5.41) is 10.1. The van der Waals surface area contributed by atoms with Crippen LogP contribution < -0.4 is 5.48 Å². The minimum Gasteiger partial charge on any atom is -0.414 e. The van der Waals surface area contributed by atoms with E-state index in [1.54, 1.807) is 13.1 Å². The van der Waals surface area contributed by atoms with E-state index in [2.05, 4.69) is 5.48 Å². The first kappa shape index (κ1) is 12.2. The van der Waals surface area contributed by atoms with Gasteiger partial charge in [0.05, 0.1) is 6.54 Å². The number of rotatable bonds is 1. The highest BCUT2D eigenvalue weighted by Gasteiger charge is 2.55. The number of nitrogens with one attached hydrogen (secondary N) is 1. The van der Waals surface area contributed by atoms with Gasteiger partial charge in [-0.05, 0) is 6.08 Å². The van der Waals surface area contributed by atoms with E-state index in [0.29, 0.717) is 6.54 Å². The highest BCUT2D eigenvalue weighted by molar-refractivity contribution is 5.78. The number of aliphatic hydroxyl groups is 1. The molecule has 0 aromatic rings. The van der Waals surface area contributed by atoms with E-state index in [1.807, 2.05) is 20.8 Å². The van der Waals surface area contributed by atoms with Gasteiger partial charge in [-0.3, -0.25) is 4.90 Å². The normalized spacial score (nSPS) is 33.5. The first-order valence-corrected chi connectivity index (χ1v) is 5.62. The van der Waals surface area contributed by atoms with Gasteiger partial charge in [0.2, 0.25) is 0 Å². The Hall–Kier alpha value is -1.27. The Balaban J connectivity index is 2.42. The zero-order valence-corrected chi connectivity index (χ0v) is 10.6. The second-order valence-corrected chi connectivity index (χ2v) is 5.55. The molecule has 1 saturated heterocycles. The summed E-state index contributed by atoms with van der Waals surface area (Å²) in [7, 11) is 1.67. The number of nitrogens with zero attached hydrogens (tertiary/aromatic N) is 2. The molecular weight excluding hydrogens is 222 g/mol. The van der Waals surface area contributed by atoms with Gasteiger partial charge in [0, 0.05) is 12.5 Å². The lowest BCUT2D eigenvalue weighted by atomic mass is 9.79. The smallest absolute Gasteiger partial charge is 0.323 e. The molecule has 2 unspecified atom stereocenters. The van der Waals surface area contributed by atoms with Crippen molar-refractivity contribution < 1.29 is 14.7 Å². The van der Waals surface area contributed by atoms with Crippen LogP contribution in [0.2, 0.25) is 0 Å². The van der Waals surface area contributed by atoms with Gasteiger partial charge in [-0.1, -0.05) is 20.8 Å². The van der Waals surface area contributed by atoms with Crippen LogP contribution in [-0.4, -0.2) is 46.4 Å². The average Bonchev–Trinajstić information content (AvgIpc) is 2.74. The number of β-amino-alcohol motifs (C(OH)–C–C–N with tert-alkyl or cyclic N) is 1. The van der Waals surface area contributed by atoms with Crippen LogP contribution in [0, 0.1) is 5.41 Å². The molecule has 2 aliphatic rings. The van der Waals surface area contributed by atoms with Crippen molar-refractivity contribution in [3.63, 3.8) is 0 Å². The van der Waals surface area contributed by atoms with E-state index in [1.165, 1.54) is 16.1 Å². The summed E-state index contributed by atoms with van der Waals surface area (Å²) < 4.78 is 0. The molecule has 0 aromatic carbocycles. The maximum atomic E-state index is 12.1. The monoisotopic (exact) mass is 241 g/mol. The van der Waals surface area contributed by atoms with Crippen molar-refractivity contribution in [2.75, 3.05) is 13.6 Å². The molecule has 0 aromatic heterocycles. The van der Waals surface area contributed by atoms with Crippen LogP contribution in [0.3, 0.4) is 0 Å². The summed E-state index contributed by atoms with van der Waals surface area (Å²) in [6, 6.07) is -0.213. The maximum absolute atomic E-state index is 12.1. The summed E-state index contributed by atoms with van der Waals surface area (Å²) in [5.74, 6) is 0. The number of amides is 2. The molecule has 0 radical (unpaired) electrons. The van der Waals surface area contributed by atoms with Crippen LogP contribution in [0.4, 0.5) is 4.79 Å². The molecule has 0 aliphatic carbocycles. The largest absolute Gasteiger partial charge is 0.414 e. The molecule has 6 nitrogen and oxygen atoms in total. The number of carbonyl (C=O) groups excluding carboxylic acids is 1. The molecule has 0 spiro atoms. The second-order valence-electron chi connectivity index (χ2n) is 5.55. The van der Waals surface area contributed by atoms with Gasteiger partial charge in [-0.15, -0.1) is 5.48 Å². The molecule has 0 bridgehead atoms. The summed E-state index contributed by atoms with van der Waals surface area (Å²) in [6.45, 7) is 6.25. The van der Waals surface area contributed by atoms with Crippen LogP contribution in [0.25, 0.3) is 0 Å². The first-order chi connectivity index (χ1) is 7.79. The summed E-state index contributed by atoms with van der Waals surface area (Å²) in [5.41, 5.74) is 1.70. The zero-order chi connectivity index (χ0) is 12.8. The van der Waals surface area contributed by atoms with Crippen LogP contribution in [0.1, 0.15) is 20.8 Å². The Kier molecular flexibility index (Phi) is 2.59. The van der Waals surface area contributed by atoms with Crippen molar-refractivity contribution in [3.05, 3.63) is 12.3 Å². The van der Waals surface area contributed by atoms with Gasteiger partial charge in [0.15, 0.2) is 11.9 Å². The predicted octanol–water partition coefficient (Wildman–Crippen LogP) is 0.463. The van der Waals surface area contributed by atoms with Crippen LogP contribution in [0.15, 0.2) is 12.3 Å². The number of carbonyl (C=O) groups is 1. The molecule has 6 heteroatoms. The second kappa shape index (κ2) is 3.61. The minimum absolute atomic E-state index is 0.213. The Morgan fingerprint density at radius 2 is 2.24 bits per heavy atom. The van der Waals surface area contributed by atoms with Gasteiger partial charge >= 0.3 is 6.03 Å². The van der Waals surface area contributed by atoms with Gasteiger partial charge in [-0.25, -0.2) is 4.79 Å². The number of hydrogen-bond donors (Lipinski definition) is 2. The fraction of sp³-hybridized carbons (Fsp3) is 0.727. The van der Waals surface area contributed by atoms with Crippen molar-refractivity contribution in [1.82, 2.24) is 15.3 Å². The lowest BCUT2D eigenvalue weighted by Crippen LogP contribution is -2.65. The van der Waals surface area contributed by atoms with Crippen molar-refractivity contribution >= 4 is 6.03 Å². The third-order valence-corrected chi connectivity index (χ3v) is 3.38. The molecular formula is C11H19N3O3. The molecule has 0 saturated carbocycles. The predicted molar refractivity (Wildman–Crippen MR) is 61.4 cm³/mol. The number of likely N-dealkylation sites (N-methyl/N-ethyl adjacent to an activating group) is 1. The minimum atomic E-state index is -0.842. The fourth-order valence-corrected chi connectivity index (χ4v) is 2.29. The molecule has 2 aliphatic heterocycles. The lowest BCUT2D eigenvalue weighted by molar-refractivity contribution is -0.0926. The molecule has 17 heavy (non-hydrogen) atoms. The first-order valence-electron chi connectivity index (χ1n) is 5.62. The number of aliphatic hydroxyl groups excluding tert-OH is 1. The highest BCUT2D eigenvalue weighted by atomic mass is 16.7. The van der Waals surface area contributed by atoms with Gasteiger partial charge in [0.1, 0.15) is 6.26 Å². The number of hydrogen-bond acceptors (Lipinski definition) is 4. The van der Waals surface area contributed by atoms with Gasteiger partial charge in [-0.2, -0.15) is 0 Å². The average molecular weight is 241 g/mol. The van der Waals surface area contributed by atoms with Crippen molar-refractivity contribution in [1.29, 1.82) is 0 Å². The third-order valence-electron chi connectivity index (χ3n) is 3.38. The maximum Gasteiger partial charge on any atom is 0.323 e. The Morgan fingerprint density at radius 1 is 1.59 bits per heavy atom. The lowest BCUT2D eigenvalue weighted by Gasteiger charge is -2.46. The molecule has 2 heterocycles. The standard InChI is InChI=1S/C11H19N3O3/c1-10(2,3)11(5-6-17-12-11)14-8(15)7-13(4)9(14)16/h5-6,8,12,15H,7H2,1-4H3. The Labute approximate surface area is 101 Å². The molecule has 2 amide bonds. The van der Waals surface area contributed by atoms with Crippen LogP contribution in [0.5, 0.6) is 0 Å². The zero-order valence-electron chi connectivity index (χ0n) is 10.6. The number of hydroxylamine groups is 1. The molecule has 96 valence electrons. The fourth-order valence-electron chi connectivity index (χ4n) is 2.29. The van der Waals surface area contributed by atoms with E-state index in [0.717, 1.165) is 0 Å². The van der Waals surface area contributed by atoms with E-state index >= 15 is 0 Å². The SMILES string of the molecule is CN1CC(O)N(C2(C(C)(C)C)C=CON2)C1=O. The van der Waals surface area contributed by atoms with Gasteiger partial charge in [0.25, 0.3) is 0 Å². The molecule has 2 N–H and O–H groups in total. The van der Waals surface area contributed by atoms with Gasteiger partial charge < -0.3 is 14.8 Å². The molecule has 2 rings (SSSR count). The van der Waals surface area contributed by atoms with E-state index in [-0.39, 0.29) is 11.4 Å². The van der Waals surface area contributed by atoms with Crippen molar-refractivity contribution in [3.8, 4) is 0 Å². The van der Waals surface area contributed by atoms with E-state index < -0.39 is 11.9 Å². The Bertz CT molecular complexity index is 363. The Morgan fingerprint density at radius 3 is 2.59 bits per heavy atom. The topological polar surface area (TPSA) is 65.0 Å². The van der Waals surface area contributed by atoms with Crippen LogP contribution in [-0.2, 0) is 4.84 Å². The number of urea groups is 1. The van der Waals surface area contributed by atoms with E-state index in [4.69, 9.17) is 4.84 Å². The van der Waals surface area contributed by atoms with Crippen LogP contribution >= 0.6 is 0 Å². The van der Waals surface area contributed by atoms with E-state index in [9.17, 15) is 9.90 Å². The summed E-state index contributed by atoms with van der Waals surface area (Å²) >= 11 is 0.